The third-order valence-electron chi connectivity index (χ3n) is 5.67. The van der Waals surface area contributed by atoms with Crippen molar-refractivity contribution in [2.24, 2.45) is 12.5 Å². The zero-order valence-corrected chi connectivity index (χ0v) is 16.3. The lowest BCUT2D eigenvalue weighted by Crippen LogP contribution is -2.39. The molecule has 1 aliphatic rings. The Morgan fingerprint density at radius 2 is 1.86 bits per heavy atom. The van der Waals surface area contributed by atoms with Crippen molar-refractivity contribution >= 4 is 17.1 Å². The van der Waals surface area contributed by atoms with Gasteiger partial charge in [0.05, 0.1) is 6.54 Å². The number of rotatable bonds is 3. The molecular formula is C20H24FN5O2. The molecule has 2 aromatic heterocycles. The topological polar surface area (TPSA) is 75.9 Å². The van der Waals surface area contributed by atoms with E-state index in [2.05, 4.69) is 28.7 Å². The third-order valence-corrected chi connectivity index (χ3v) is 5.67. The van der Waals surface area contributed by atoms with Crippen LogP contribution in [0.3, 0.4) is 0 Å². The van der Waals surface area contributed by atoms with Gasteiger partial charge in [0.1, 0.15) is 5.82 Å². The Balaban J connectivity index is 1.90. The number of aryl methyl sites for hydroxylation is 1. The zero-order valence-electron chi connectivity index (χ0n) is 16.3. The number of hydrogen-bond acceptors (Lipinski definition) is 4. The normalized spacial score (nSPS) is 16.6. The molecule has 148 valence electrons. The number of aromatic nitrogens is 4. The maximum absolute atomic E-state index is 14.3. The van der Waals surface area contributed by atoms with Gasteiger partial charge in [-0.3, -0.25) is 18.9 Å². The van der Waals surface area contributed by atoms with Crippen LogP contribution in [0.2, 0.25) is 0 Å². The van der Waals surface area contributed by atoms with Gasteiger partial charge in [0.25, 0.3) is 5.56 Å². The van der Waals surface area contributed by atoms with Crippen LogP contribution in [0.15, 0.2) is 33.9 Å². The van der Waals surface area contributed by atoms with Gasteiger partial charge in [-0.2, -0.15) is 4.98 Å². The predicted octanol–water partition coefficient (Wildman–Crippen LogP) is 2.24. The van der Waals surface area contributed by atoms with Crippen molar-refractivity contribution in [1.29, 1.82) is 0 Å². The molecule has 3 heterocycles. The van der Waals surface area contributed by atoms with Crippen LogP contribution in [0.25, 0.3) is 11.2 Å². The number of hydrogen-bond donors (Lipinski definition) is 1. The molecule has 0 radical (unpaired) electrons. The molecule has 1 saturated heterocycles. The number of imidazole rings is 1. The molecular weight excluding hydrogens is 361 g/mol. The van der Waals surface area contributed by atoms with E-state index in [4.69, 9.17) is 0 Å². The minimum absolute atomic E-state index is 0.166. The van der Waals surface area contributed by atoms with Crippen molar-refractivity contribution in [2.45, 2.75) is 33.2 Å². The Labute approximate surface area is 161 Å². The molecule has 0 amide bonds. The zero-order chi connectivity index (χ0) is 20.1. The second kappa shape index (κ2) is 6.61. The molecule has 0 saturated carbocycles. The van der Waals surface area contributed by atoms with Gasteiger partial charge in [0.15, 0.2) is 11.2 Å². The highest BCUT2D eigenvalue weighted by Gasteiger charge is 2.29. The van der Waals surface area contributed by atoms with Gasteiger partial charge >= 0.3 is 5.69 Å². The van der Waals surface area contributed by atoms with Crippen LogP contribution in [0, 0.1) is 11.2 Å². The smallest absolute Gasteiger partial charge is 0.329 e. The molecule has 7 nitrogen and oxygen atoms in total. The summed E-state index contributed by atoms with van der Waals surface area (Å²) in [6.07, 6.45) is 1.98. The molecule has 0 atom stereocenters. The van der Waals surface area contributed by atoms with E-state index in [1.165, 1.54) is 10.6 Å². The maximum atomic E-state index is 14.3. The highest BCUT2D eigenvalue weighted by Crippen LogP contribution is 2.33. The van der Waals surface area contributed by atoms with Gasteiger partial charge < -0.3 is 4.90 Å². The maximum Gasteiger partial charge on any atom is 0.329 e. The summed E-state index contributed by atoms with van der Waals surface area (Å²) in [4.78, 5) is 33.7. The fourth-order valence-corrected chi connectivity index (χ4v) is 3.72. The van der Waals surface area contributed by atoms with Gasteiger partial charge in [0.2, 0.25) is 5.95 Å². The largest absolute Gasteiger partial charge is 0.342 e. The Bertz CT molecular complexity index is 1150. The number of H-pyrrole nitrogens is 1. The summed E-state index contributed by atoms with van der Waals surface area (Å²) in [5, 5.41) is 0. The molecule has 1 N–H and O–H groups in total. The van der Waals surface area contributed by atoms with E-state index >= 15 is 0 Å². The fourth-order valence-electron chi connectivity index (χ4n) is 3.72. The number of piperidine rings is 1. The first-order valence-electron chi connectivity index (χ1n) is 9.45. The van der Waals surface area contributed by atoms with Crippen molar-refractivity contribution < 1.29 is 4.39 Å². The first-order chi connectivity index (χ1) is 13.3. The first-order valence-corrected chi connectivity index (χ1v) is 9.45. The summed E-state index contributed by atoms with van der Waals surface area (Å²) >= 11 is 0. The molecule has 0 bridgehead atoms. The van der Waals surface area contributed by atoms with E-state index in [0.29, 0.717) is 17.2 Å². The van der Waals surface area contributed by atoms with E-state index in [-0.39, 0.29) is 23.3 Å². The minimum atomic E-state index is -0.514. The summed E-state index contributed by atoms with van der Waals surface area (Å²) in [5.41, 5.74) is 0.289. The van der Waals surface area contributed by atoms with E-state index < -0.39 is 11.2 Å². The highest BCUT2D eigenvalue weighted by molar-refractivity contribution is 5.74. The quantitative estimate of drug-likeness (QED) is 0.750. The fraction of sp³-hybridized carbons (Fsp3) is 0.450. The second-order valence-corrected chi connectivity index (χ2v) is 8.23. The lowest BCUT2D eigenvalue weighted by Gasteiger charge is -2.37. The minimum Gasteiger partial charge on any atom is -0.342 e. The van der Waals surface area contributed by atoms with Crippen LogP contribution in [0.5, 0.6) is 0 Å². The molecule has 1 fully saturated rings. The lowest BCUT2D eigenvalue weighted by molar-refractivity contribution is 0.277. The molecule has 28 heavy (non-hydrogen) atoms. The standard InChI is InChI=1S/C20H24FN5O2/c1-20(2)8-10-25(11-9-20)18-22-16-15(17(27)23-19(28)24(16)3)26(18)12-13-6-4-5-7-14(13)21/h4-7H,8-12H2,1-3H3,(H,23,27,28). The van der Waals surface area contributed by atoms with E-state index in [1.54, 1.807) is 29.8 Å². The van der Waals surface area contributed by atoms with Gasteiger partial charge in [-0.05, 0) is 24.3 Å². The van der Waals surface area contributed by atoms with Crippen molar-refractivity contribution in [2.75, 3.05) is 18.0 Å². The molecule has 1 aromatic carbocycles. The highest BCUT2D eigenvalue weighted by atomic mass is 19.1. The predicted molar refractivity (Wildman–Crippen MR) is 106 cm³/mol. The number of nitrogens with one attached hydrogen (secondary N) is 1. The number of nitrogens with zero attached hydrogens (tertiary/aromatic N) is 4. The summed E-state index contributed by atoms with van der Waals surface area (Å²) < 4.78 is 17.4. The Hall–Kier alpha value is -2.90. The number of anilines is 1. The number of halogens is 1. The van der Waals surface area contributed by atoms with Crippen LogP contribution in [0.4, 0.5) is 10.3 Å². The summed E-state index contributed by atoms with van der Waals surface area (Å²) in [7, 11) is 1.57. The molecule has 4 rings (SSSR count). The van der Waals surface area contributed by atoms with Gasteiger partial charge in [0, 0.05) is 25.7 Å². The Morgan fingerprint density at radius 3 is 2.54 bits per heavy atom. The molecule has 0 unspecified atom stereocenters. The summed E-state index contributed by atoms with van der Waals surface area (Å²) in [5.74, 6) is 0.261. The van der Waals surface area contributed by atoms with Crippen molar-refractivity contribution in [3.8, 4) is 0 Å². The molecule has 0 aliphatic carbocycles. The Morgan fingerprint density at radius 1 is 1.18 bits per heavy atom. The SMILES string of the molecule is Cn1c(=O)[nH]c(=O)c2c1nc(N1CCC(C)(C)CC1)n2Cc1ccccc1F. The van der Waals surface area contributed by atoms with Crippen LogP contribution in [-0.2, 0) is 13.6 Å². The van der Waals surface area contributed by atoms with Crippen LogP contribution in [0.1, 0.15) is 32.3 Å². The molecule has 3 aromatic rings. The van der Waals surface area contributed by atoms with E-state index in [1.807, 2.05) is 0 Å². The average Bonchev–Trinajstić information content (AvgIpc) is 3.02. The third kappa shape index (κ3) is 3.12. The van der Waals surface area contributed by atoms with Crippen molar-refractivity contribution in [1.82, 2.24) is 19.1 Å². The van der Waals surface area contributed by atoms with Gasteiger partial charge in [-0.15, -0.1) is 0 Å². The van der Waals surface area contributed by atoms with Crippen LogP contribution in [-0.4, -0.2) is 32.2 Å². The average molecular weight is 385 g/mol. The lowest BCUT2D eigenvalue weighted by atomic mass is 9.83. The van der Waals surface area contributed by atoms with Crippen molar-refractivity contribution in [3.05, 3.63) is 56.5 Å². The van der Waals surface area contributed by atoms with E-state index in [0.717, 1.165) is 25.9 Å². The van der Waals surface area contributed by atoms with Crippen molar-refractivity contribution in [3.63, 3.8) is 0 Å². The second-order valence-electron chi connectivity index (χ2n) is 8.23. The number of benzene rings is 1. The number of aromatic amines is 1. The monoisotopic (exact) mass is 385 g/mol. The Kier molecular flexibility index (Phi) is 4.36. The molecule has 1 aliphatic heterocycles. The van der Waals surface area contributed by atoms with Crippen LogP contribution < -0.4 is 16.1 Å². The summed E-state index contributed by atoms with van der Waals surface area (Å²) in [6.45, 7) is 6.22. The molecule has 8 heteroatoms. The van der Waals surface area contributed by atoms with E-state index in [9.17, 15) is 14.0 Å². The van der Waals surface area contributed by atoms with Gasteiger partial charge in [-0.25, -0.2) is 9.18 Å². The summed E-state index contributed by atoms with van der Waals surface area (Å²) in [6, 6.07) is 6.49. The van der Waals surface area contributed by atoms with Gasteiger partial charge in [-0.1, -0.05) is 32.0 Å². The number of fused-ring (bicyclic) bond motifs is 1. The van der Waals surface area contributed by atoms with Crippen LogP contribution >= 0.6 is 0 Å². The molecule has 0 spiro atoms. The first kappa shape index (κ1) is 18.5.